The van der Waals surface area contributed by atoms with Gasteiger partial charge in [-0.2, -0.15) is 0 Å². The second-order valence-corrected chi connectivity index (χ2v) is 8.30. The fourth-order valence-corrected chi connectivity index (χ4v) is 4.21. The number of nitrogens with zero attached hydrogens (tertiary/aromatic N) is 3. The second kappa shape index (κ2) is 7.35. The van der Waals surface area contributed by atoms with E-state index in [1.165, 1.54) is 0 Å². The second-order valence-electron chi connectivity index (χ2n) is 8.30. The van der Waals surface area contributed by atoms with Crippen molar-refractivity contribution in [3.05, 3.63) is 53.3 Å². The Kier molecular flexibility index (Phi) is 4.65. The van der Waals surface area contributed by atoms with Crippen LogP contribution in [0.1, 0.15) is 54.0 Å². The Morgan fingerprint density at radius 2 is 1.90 bits per heavy atom. The van der Waals surface area contributed by atoms with Gasteiger partial charge in [-0.3, -0.25) is 4.79 Å². The van der Waals surface area contributed by atoms with Crippen LogP contribution in [0, 0.1) is 6.92 Å². The third-order valence-corrected chi connectivity index (χ3v) is 6.20. The van der Waals surface area contributed by atoms with Crippen LogP contribution in [0.2, 0.25) is 0 Å². The van der Waals surface area contributed by atoms with Gasteiger partial charge in [-0.25, -0.2) is 4.98 Å². The molecule has 3 aromatic rings. The number of benzene rings is 2. The number of carbonyl (C=O) groups is 1. The highest BCUT2D eigenvalue weighted by atomic mass is 16.5. The van der Waals surface area contributed by atoms with E-state index in [1.807, 2.05) is 59.8 Å². The number of ether oxygens (including phenoxy) is 2. The van der Waals surface area contributed by atoms with Gasteiger partial charge in [0.25, 0.3) is 5.91 Å². The molecular formula is C24H27N3O3. The first-order chi connectivity index (χ1) is 14.5. The first-order valence-electron chi connectivity index (χ1n) is 10.7. The zero-order valence-electron chi connectivity index (χ0n) is 17.7. The maximum atomic E-state index is 13.6. The van der Waals surface area contributed by atoms with Crippen molar-refractivity contribution in [1.82, 2.24) is 14.5 Å². The van der Waals surface area contributed by atoms with Crippen molar-refractivity contribution in [3.63, 3.8) is 0 Å². The summed E-state index contributed by atoms with van der Waals surface area (Å²) in [5.74, 6) is 2.55. The number of aryl methyl sites for hydroxylation is 2. The van der Waals surface area contributed by atoms with Gasteiger partial charge in [0.2, 0.25) is 0 Å². The summed E-state index contributed by atoms with van der Waals surface area (Å²) in [5.41, 5.74) is 3.65. The highest BCUT2D eigenvalue weighted by Crippen LogP contribution is 2.39. The molecule has 156 valence electrons. The highest BCUT2D eigenvalue weighted by molar-refractivity contribution is 5.98. The minimum absolute atomic E-state index is 0.0525. The molecule has 2 aliphatic rings. The molecule has 6 nitrogen and oxygen atoms in total. The Morgan fingerprint density at radius 3 is 2.67 bits per heavy atom. The van der Waals surface area contributed by atoms with E-state index in [-0.39, 0.29) is 18.0 Å². The van der Waals surface area contributed by atoms with Crippen molar-refractivity contribution < 1.29 is 14.3 Å². The van der Waals surface area contributed by atoms with Gasteiger partial charge in [0.1, 0.15) is 5.82 Å². The van der Waals surface area contributed by atoms with E-state index in [9.17, 15) is 4.79 Å². The van der Waals surface area contributed by atoms with Crippen LogP contribution in [0.15, 0.2) is 36.4 Å². The van der Waals surface area contributed by atoms with Crippen LogP contribution in [0.5, 0.6) is 11.5 Å². The van der Waals surface area contributed by atoms with Crippen molar-refractivity contribution in [2.24, 2.45) is 7.05 Å². The number of imidazole rings is 1. The van der Waals surface area contributed by atoms with Gasteiger partial charge in [0.05, 0.1) is 30.3 Å². The summed E-state index contributed by atoms with van der Waals surface area (Å²) in [6.45, 7) is 5.40. The van der Waals surface area contributed by atoms with E-state index in [1.54, 1.807) is 0 Å². The van der Waals surface area contributed by atoms with Crippen molar-refractivity contribution >= 4 is 16.9 Å². The van der Waals surface area contributed by atoms with Gasteiger partial charge in [0.15, 0.2) is 11.5 Å². The molecule has 0 radical (unpaired) electrons. The summed E-state index contributed by atoms with van der Waals surface area (Å²) in [7, 11) is 1.99. The number of carbonyl (C=O) groups excluding carboxylic acids is 1. The van der Waals surface area contributed by atoms with Crippen LogP contribution in [0.25, 0.3) is 11.0 Å². The average molecular weight is 405 g/mol. The predicted molar refractivity (Wildman–Crippen MR) is 115 cm³/mol. The van der Waals surface area contributed by atoms with Crippen molar-refractivity contribution in [1.29, 1.82) is 0 Å². The molecule has 6 heteroatoms. The first kappa shape index (κ1) is 19.0. The SMILES string of the molecule is Cc1nc2cc(C(=O)N(C3CC3)[C@@H](C)c3ccc4c(c3)OCCCO4)ccc2n1C. The predicted octanol–water partition coefficient (Wildman–Crippen LogP) is 4.41. The molecule has 2 heterocycles. The Morgan fingerprint density at radius 1 is 1.13 bits per heavy atom. The molecule has 1 aromatic heterocycles. The normalized spacial score (nSPS) is 16.9. The molecule has 1 aliphatic heterocycles. The molecule has 1 amide bonds. The van der Waals surface area contributed by atoms with Gasteiger partial charge in [-0.05, 0) is 62.6 Å². The zero-order valence-corrected chi connectivity index (χ0v) is 17.7. The van der Waals surface area contributed by atoms with Gasteiger partial charge < -0.3 is 18.9 Å². The largest absolute Gasteiger partial charge is 0.490 e. The Labute approximate surface area is 176 Å². The lowest BCUT2D eigenvalue weighted by Crippen LogP contribution is -2.35. The molecule has 1 aliphatic carbocycles. The van der Waals surface area contributed by atoms with Gasteiger partial charge in [-0.1, -0.05) is 6.07 Å². The molecule has 30 heavy (non-hydrogen) atoms. The number of aromatic nitrogens is 2. The van der Waals surface area contributed by atoms with E-state index in [2.05, 4.69) is 11.9 Å². The van der Waals surface area contributed by atoms with Gasteiger partial charge >= 0.3 is 0 Å². The van der Waals surface area contributed by atoms with E-state index in [0.717, 1.165) is 53.2 Å². The minimum atomic E-state index is -0.0525. The summed E-state index contributed by atoms with van der Waals surface area (Å²) >= 11 is 0. The average Bonchev–Trinajstić information content (AvgIpc) is 3.56. The number of hydrogen-bond donors (Lipinski definition) is 0. The maximum absolute atomic E-state index is 13.6. The summed E-state index contributed by atoms with van der Waals surface area (Å²) in [6.07, 6.45) is 2.97. The lowest BCUT2D eigenvalue weighted by molar-refractivity contribution is 0.0674. The van der Waals surface area contributed by atoms with Crippen LogP contribution in [-0.2, 0) is 7.05 Å². The lowest BCUT2D eigenvalue weighted by Gasteiger charge is -2.30. The Bertz CT molecular complexity index is 1120. The van der Waals surface area contributed by atoms with E-state index in [0.29, 0.717) is 18.8 Å². The molecule has 0 saturated heterocycles. The molecule has 1 fully saturated rings. The fraction of sp³-hybridized carbons (Fsp3) is 0.417. The molecule has 2 aromatic carbocycles. The molecule has 1 atom stereocenters. The number of rotatable bonds is 4. The monoisotopic (exact) mass is 405 g/mol. The van der Waals surface area contributed by atoms with Gasteiger partial charge in [-0.15, -0.1) is 0 Å². The molecule has 0 bridgehead atoms. The topological polar surface area (TPSA) is 56.6 Å². The number of fused-ring (bicyclic) bond motifs is 2. The quantitative estimate of drug-likeness (QED) is 0.645. The van der Waals surface area contributed by atoms with Crippen LogP contribution in [0.3, 0.4) is 0 Å². The standard InChI is InChI=1S/C24H27N3O3/c1-15(17-6-10-22-23(14-17)30-12-4-11-29-22)27(19-7-8-19)24(28)18-5-9-21-20(13-18)25-16(2)26(21)3/h5-6,9-10,13-15,19H,4,7-8,11-12H2,1-3H3/t15-/m0/s1. The van der Waals surface area contributed by atoms with E-state index < -0.39 is 0 Å². The summed E-state index contributed by atoms with van der Waals surface area (Å²) in [6, 6.07) is 12.1. The van der Waals surface area contributed by atoms with E-state index in [4.69, 9.17) is 9.47 Å². The molecule has 0 spiro atoms. The molecular weight excluding hydrogens is 378 g/mol. The number of hydrogen-bond acceptors (Lipinski definition) is 4. The van der Waals surface area contributed by atoms with Crippen molar-refractivity contribution in [2.45, 2.75) is 45.2 Å². The van der Waals surface area contributed by atoms with Crippen molar-refractivity contribution in [3.8, 4) is 11.5 Å². The van der Waals surface area contributed by atoms with E-state index >= 15 is 0 Å². The minimum Gasteiger partial charge on any atom is -0.490 e. The Balaban J connectivity index is 1.46. The molecule has 5 rings (SSSR count). The van der Waals surface area contributed by atoms with Crippen molar-refractivity contribution in [2.75, 3.05) is 13.2 Å². The van der Waals surface area contributed by atoms with Crippen LogP contribution in [0.4, 0.5) is 0 Å². The molecule has 0 N–H and O–H groups in total. The Hall–Kier alpha value is -3.02. The van der Waals surface area contributed by atoms with Crippen LogP contribution >= 0.6 is 0 Å². The van der Waals surface area contributed by atoms with Crippen LogP contribution in [-0.4, -0.2) is 39.6 Å². The maximum Gasteiger partial charge on any atom is 0.254 e. The highest BCUT2D eigenvalue weighted by Gasteiger charge is 2.37. The lowest BCUT2D eigenvalue weighted by atomic mass is 10.0. The molecule has 1 saturated carbocycles. The third kappa shape index (κ3) is 3.30. The molecule has 0 unspecified atom stereocenters. The fourth-order valence-electron chi connectivity index (χ4n) is 4.21. The first-order valence-corrected chi connectivity index (χ1v) is 10.7. The summed E-state index contributed by atoms with van der Waals surface area (Å²) in [5, 5.41) is 0. The smallest absolute Gasteiger partial charge is 0.254 e. The number of amides is 1. The summed E-state index contributed by atoms with van der Waals surface area (Å²) in [4.78, 5) is 20.2. The van der Waals surface area contributed by atoms with Crippen LogP contribution < -0.4 is 9.47 Å². The third-order valence-electron chi connectivity index (χ3n) is 6.20. The van der Waals surface area contributed by atoms with Gasteiger partial charge in [0, 0.05) is 25.1 Å². The summed E-state index contributed by atoms with van der Waals surface area (Å²) < 4.78 is 13.7. The zero-order chi connectivity index (χ0) is 20.8.